The van der Waals surface area contributed by atoms with Crippen LogP contribution in [0.4, 0.5) is 4.39 Å². The molecule has 106 valence electrons. The Balaban J connectivity index is 2.13. The largest absolute Gasteiger partial charge is 0.329 e. The second-order valence-corrected chi connectivity index (χ2v) is 5.95. The second-order valence-electron chi connectivity index (χ2n) is 5.95. The van der Waals surface area contributed by atoms with Crippen LogP contribution in [-0.2, 0) is 6.42 Å². The molecule has 0 aliphatic heterocycles. The van der Waals surface area contributed by atoms with Gasteiger partial charge in [-0.1, -0.05) is 25.1 Å². The monoisotopic (exact) mass is 264 g/mol. The van der Waals surface area contributed by atoms with E-state index in [4.69, 9.17) is 5.73 Å². The lowest BCUT2D eigenvalue weighted by atomic mass is 9.90. The van der Waals surface area contributed by atoms with E-state index in [1.165, 1.54) is 18.9 Å². The first-order valence-corrected chi connectivity index (χ1v) is 7.27. The van der Waals surface area contributed by atoms with Gasteiger partial charge >= 0.3 is 0 Å². The van der Waals surface area contributed by atoms with E-state index in [2.05, 4.69) is 18.7 Å². The summed E-state index contributed by atoms with van der Waals surface area (Å²) in [6.07, 6.45) is 3.34. The molecule has 0 bridgehead atoms. The standard InChI is InChI=1S/C16H25FN2/c1-3-19(11-13-8-9-13)16(2,12-18)10-14-6-4-5-7-15(14)17/h4-7,13H,3,8-12,18H2,1-2H3. The van der Waals surface area contributed by atoms with Gasteiger partial charge in [0.2, 0.25) is 0 Å². The Kier molecular flexibility index (Phi) is 4.58. The van der Waals surface area contributed by atoms with Gasteiger partial charge < -0.3 is 5.73 Å². The minimum absolute atomic E-state index is 0.121. The summed E-state index contributed by atoms with van der Waals surface area (Å²) in [5, 5.41) is 0. The van der Waals surface area contributed by atoms with Crippen molar-refractivity contribution in [3.63, 3.8) is 0 Å². The molecule has 1 saturated carbocycles. The van der Waals surface area contributed by atoms with E-state index in [9.17, 15) is 4.39 Å². The van der Waals surface area contributed by atoms with Crippen LogP contribution in [0, 0.1) is 11.7 Å². The van der Waals surface area contributed by atoms with Crippen molar-refractivity contribution in [3.05, 3.63) is 35.6 Å². The van der Waals surface area contributed by atoms with Gasteiger partial charge in [-0.3, -0.25) is 4.90 Å². The lowest BCUT2D eigenvalue weighted by molar-refractivity contribution is 0.110. The zero-order chi connectivity index (χ0) is 13.9. The second kappa shape index (κ2) is 6.02. The van der Waals surface area contributed by atoms with Gasteiger partial charge in [0.15, 0.2) is 0 Å². The molecule has 3 heteroatoms. The predicted octanol–water partition coefficient (Wildman–Crippen LogP) is 2.82. The summed E-state index contributed by atoms with van der Waals surface area (Å²) in [6.45, 7) is 6.95. The van der Waals surface area contributed by atoms with Gasteiger partial charge in [-0.15, -0.1) is 0 Å². The summed E-state index contributed by atoms with van der Waals surface area (Å²) in [5.41, 5.74) is 6.63. The zero-order valence-electron chi connectivity index (χ0n) is 12.0. The molecule has 1 fully saturated rings. The molecule has 0 aromatic heterocycles. The molecule has 0 heterocycles. The van der Waals surface area contributed by atoms with Crippen LogP contribution in [0.3, 0.4) is 0 Å². The van der Waals surface area contributed by atoms with Gasteiger partial charge in [0, 0.05) is 18.6 Å². The maximum atomic E-state index is 13.8. The summed E-state index contributed by atoms with van der Waals surface area (Å²) in [6, 6.07) is 7.03. The van der Waals surface area contributed by atoms with E-state index in [1.807, 2.05) is 12.1 Å². The van der Waals surface area contributed by atoms with Crippen molar-refractivity contribution >= 4 is 0 Å². The highest BCUT2D eigenvalue weighted by molar-refractivity contribution is 5.20. The minimum atomic E-state index is -0.153. The van der Waals surface area contributed by atoms with Crippen molar-refractivity contribution in [2.75, 3.05) is 19.6 Å². The van der Waals surface area contributed by atoms with Gasteiger partial charge in [0.1, 0.15) is 5.82 Å². The molecule has 19 heavy (non-hydrogen) atoms. The highest BCUT2D eigenvalue weighted by Gasteiger charge is 2.34. The molecule has 0 amide bonds. The number of hydrogen-bond donors (Lipinski definition) is 1. The predicted molar refractivity (Wildman–Crippen MR) is 77.5 cm³/mol. The Labute approximate surface area is 115 Å². The summed E-state index contributed by atoms with van der Waals surface area (Å²) in [7, 11) is 0. The molecule has 1 aliphatic carbocycles. The van der Waals surface area contributed by atoms with E-state index < -0.39 is 0 Å². The SMILES string of the molecule is CCN(CC1CC1)C(C)(CN)Cc1ccccc1F. The van der Waals surface area contributed by atoms with E-state index in [0.29, 0.717) is 13.0 Å². The molecule has 1 aliphatic rings. The number of hydrogen-bond acceptors (Lipinski definition) is 2. The molecule has 1 aromatic carbocycles. The van der Waals surface area contributed by atoms with Crippen LogP contribution in [0.5, 0.6) is 0 Å². The number of nitrogens with zero attached hydrogens (tertiary/aromatic N) is 1. The van der Waals surface area contributed by atoms with Crippen molar-refractivity contribution in [2.45, 2.75) is 38.6 Å². The molecule has 1 aromatic rings. The maximum Gasteiger partial charge on any atom is 0.126 e. The molecule has 0 spiro atoms. The summed E-state index contributed by atoms with van der Waals surface area (Å²) < 4.78 is 13.8. The lowest BCUT2D eigenvalue weighted by Gasteiger charge is -2.40. The highest BCUT2D eigenvalue weighted by atomic mass is 19.1. The average Bonchev–Trinajstić information content (AvgIpc) is 3.22. The molecule has 2 N–H and O–H groups in total. The molecule has 1 atom stereocenters. The van der Waals surface area contributed by atoms with Crippen molar-refractivity contribution in [1.29, 1.82) is 0 Å². The Morgan fingerprint density at radius 1 is 1.37 bits per heavy atom. The van der Waals surface area contributed by atoms with Crippen molar-refractivity contribution in [2.24, 2.45) is 11.7 Å². The minimum Gasteiger partial charge on any atom is -0.329 e. The fraction of sp³-hybridized carbons (Fsp3) is 0.625. The van der Waals surface area contributed by atoms with Gasteiger partial charge in [-0.25, -0.2) is 4.39 Å². The smallest absolute Gasteiger partial charge is 0.126 e. The third-order valence-corrected chi connectivity index (χ3v) is 4.29. The van der Waals surface area contributed by atoms with Crippen LogP contribution in [0.1, 0.15) is 32.3 Å². The van der Waals surface area contributed by atoms with Crippen LogP contribution in [0.15, 0.2) is 24.3 Å². The molecule has 2 rings (SSSR count). The van der Waals surface area contributed by atoms with Gasteiger partial charge in [0.05, 0.1) is 0 Å². The van der Waals surface area contributed by atoms with Crippen molar-refractivity contribution in [1.82, 2.24) is 4.90 Å². The van der Waals surface area contributed by atoms with Crippen LogP contribution < -0.4 is 5.73 Å². The Bertz CT molecular complexity index is 417. The first kappa shape index (κ1) is 14.5. The molecule has 1 unspecified atom stereocenters. The van der Waals surface area contributed by atoms with Crippen LogP contribution >= 0.6 is 0 Å². The number of nitrogens with two attached hydrogens (primary N) is 1. The molecule has 0 radical (unpaired) electrons. The summed E-state index contributed by atoms with van der Waals surface area (Å²) in [4.78, 5) is 2.43. The maximum absolute atomic E-state index is 13.8. The van der Waals surface area contributed by atoms with E-state index in [-0.39, 0.29) is 11.4 Å². The Morgan fingerprint density at radius 3 is 2.58 bits per heavy atom. The summed E-state index contributed by atoms with van der Waals surface area (Å²) >= 11 is 0. The van der Waals surface area contributed by atoms with Crippen molar-refractivity contribution in [3.8, 4) is 0 Å². The molecule has 0 saturated heterocycles. The van der Waals surface area contributed by atoms with Crippen LogP contribution in [0.25, 0.3) is 0 Å². The zero-order valence-corrected chi connectivity index (χ0v) is 12.0. The first-order valence-electron chi connectivity index (χ1n) is 7.27. The van der Waals surface area contributed by atoms with Crippen LogP contribution in [-0.4, -0.2) is 30.1 Å². The fourth-order valence-electron chi connectivity index (χ4n) is 2.71. The van der Waals surface area contributed by atoms with Gasteiger partial charge in [-0.2, -0.15) is 0 Å². The highest BCUT2D eigenvalue weighted by Crippen LogP contribution is 2.32. The molecular weight excluding hydrogens is 239 g/mol. The Morgan fingerprint density at radius 2 is 2.05 bits per heavy atom. The Hall–Kier alpha value is -0.930. The fourth-order valence-corrected chi connectivity index (χ4v) is 2.71. The number of benzene rings is 1. The van der Waals surface area contributed by atoms with E-state index in [0.717, 1.165) is 24.6 Å². The summed E-state index contributed by atoms with van der Waals surface area (Å²) in [5.74, 6) is 0.705. The van der Waals surface area contributed by atoms with Crippen LogP contribution in [0.2, 0.25) is 0 Å². The molecular formula is C16H25FN2. The third kappa shape index (κ3) is 3.54. The number of halogens is 1. The molecule has 2 nitrogen and oxygen atoms in total. The third-order valence-electron chi connectivity index (χ3n) is 4.29. The first-order chi connectivity index (χ1) is 9.09. The van der Waals surface area contributed by atoms with E-state index >= 15 is 0 Å². The van der Waals surface area contributed by atoms with Crippen molar-refractivity contribution < 1.29 is 4.39 Å². The lowest BCUT2D eigenvalue weighted by Crippen LogP contribution is -2.54. The van der Waals surface area contributed by atoms with E-state index in [1.54, 1.807) is 6.07 Å². The topological polar surface area (TPSA) is 29.3 Å². The normalized spacial score (nSPS) is 18.6. The average molecular weight is 264 g/mol. The van der Waals surface area contributed by atoms with Gasteiger partial charge in [0.25, 0.3) is 0 Å². The van der Waals surface area contributed by atoms with Gasteiger partial charge in [-0.05, 0) is 50.3 Å². The number of rotatable bonds is 7. The quantitative estimate of drug-likeness (QED) is 0.820. The number of likely N-dealkylation sites (N-methyl/N-ethyl adjacent to an activating group) is 1.